The van der Waals surface area contributed by atoms with Crippen LogP contribution in [-0.4, -0.2) is 19.2 Å². The van der Waals surface area contributed by atoms with E-state index in [2.05, 4.69) is 55.1 Å². The van der Waals surface area contributed by atoms with Crippen LogP contribution in [-0.2, 0) is 6.61 Å². The quantitative estimate of drug-likeness (QED) is 0.153. The van der Waals surface area contributed by atoms with Gasteiger partial charge in [0, 0.05) is 15.4 Å². The van der Waals surface area contributed by atoms with Crippen molar-refractivity contribution in [2.24, 2.45) is 5.10 Å². The summed E-state index contributed by atoms with van der Waals surface area (Å²) in [6.45, 7) is 0.230. The van der Waals surface area contributed by atoms with Gasteiger partial charge in [0.1, 0.15) is 12.2 Å². The molecule has 1 N–H and O–H groups in total. The molecule has 4 rings (SSSR count). The van der Waals surface area contributed by atoms with Crippen LogP contribution in [0.4, 0.5) is 0 Å². The first-order chi connectivity index (χ1) is 16.5. The Labute approximate surface area is 217 Å². The summed E-state index contributed by atoms with van der Waals surface area (Å²) < 4.78 is 18.7. The van der Waals surface area contributed by atoms with Crippen molar-refractivity contribution < 1.29 is 18.7 Å². The molecule has 0 spiro atoms. The molecule has 0 saturated carbocycles. The van der Waals surface area contributed by atoms with Gasteiger partial charge in [-0.15, -0.1) is 0 Å². The third-order valence-electron chi connectivity index (χ3n) is 4.84. The van der Waals surface area contributed by atoms with Crippen molar-refractivity contribution in [3.05, 3.63) is 91.2 Å². The molecule has 0 unspecified atom stereocenters. The summed E-state index contributed by atoms with van der Waals surface area (Å²) in [5, 5.41) is 14.1. The number of ether oxygens (including phenoxy) is 2. The fourth-order valence-corrected chi connectivity index (χ4v) is 4.37. The average Bonchev–Trinajstić information content (AvgIpc) is 3.26. The molecule has 1 heterocycles. The van der Waals surface area contributed by atoms with Crippen LogP contribution in [0.25, 0.3) is 11.0 Å². The molecule has 1 amide bonds. The van der Waals surface area contributed by atoms with Gasteiger partial charge < -0.3 is 13.9 Å². The Kier molecular flexibility index (Phi) is 7.49. The van der Waals surface area contributed by atoms with Crippen LogP contribution in [0.3, 0.4) is 0 Å². The van der Waals surface area contributed by atoms with Crippen molar-refractivity contribution in [3.8, 4) is 17.6 Å². The average molecular weight is 630 g/mol. The lowest BCUT2D eigenvalue weighted by molar-refractivity contribution is 0.0929. The van der Waals surface area contributed by atoms with Crippen molar-refractivity contribution >= 4 is 61.6 Å². The minimum absolute atomic E-state index is 0.166. The number of fused-ring (bicyclic) bond motifs is 1. The summed E-state index contributed by atoms with van der Waals surface area (Å²) in [6, 6.07) is 20.2. The third kappa shape index (κ3) is 5.40. The SMILES string of the molecule is COc1cc(/C=N/NC(=O)c2cc3cc(Br)ccc3o2)cc(I)c1OCc1ccccc1C#N. The molecule has 1 aromatic heterocycles. The Morgan fingerprint density at radius 1 is 1.24 bits per heavy atom. The highest BCUT2D eigenvalue weighted by molar-refractivity contribution is 14.1. The number of furan rings is 1. The topological polar surface area (TPSA) is 96.8 Å². The number of halogens is 2. The van der Waals surface area contributed by atoms with Crippen LogP contribution in [0.15, 0.2) is 74.7 Å². The molecular formula is C25H17BrIN3O4. The maximum Gasteiger partial charge on any atom is 0.307 e. The van der Waals surface area contributed by atoms with Crippen LogP contribution in [0.2, 0.25) is 0 Å². The Bertz CT molecular complexity index is 1440. The van der Waals surface area contributed by atoms with Crippen LogP contribution in [0, 0.1) is 14.9 Å². The van der Waals surface area contributed by atoms with Gasteiger partial charge in [-0.05, 0) is 70.6 Å². The molecule has 34 heavy (non-hydrogen) atoms. The van der Waals surface area contributed by atoms with Crippen LogP contribution in [0.1, 0.15) is 27.2 Å². The van der Waals surface area contributed by atoms with Crippen molar-refractivity contribution in [3.63, 3.8) is 0 Å². The highest BCUT2D eigenvalue weighted by Crippen LogP contribution is 2.34. The van der Waals surface area contributed by atoms with E-state index in [4.69, 9.17) is 13.9 Å². The summed E-state index contributed by atoms with van der Waals surface area (Å²) in [4.78, 5) is 12.4. The molecule has 0 saturated heterocycles. The molecule has 0 aliphatic rings. The molecule has 4 aromatic rings. The Balaban J connectivity index is 1.46. The first-order valence-corrected chi connectivity index (χ1v) is 11.9. The number of carbonyl (C=O) groups excluding carboxylic acids is 1. The number of hydrazone groups is 1. The van der Waals surface area contributed by atoms with E-state index in [9.17, 15) is 10.1 Å². The largest absolute Gasteiger partial charge is 0.493 e. The highest BCUT2D eigenvalue weighted by Gasteiger charge is 2.14. The fourth-order valence-electron chi connectivity index (χ4n) is 3.21. The molecule has 0 atom stereocenters. The molecule has 9 heteroatoms. The second kappa shape index (κ2) is 10.7. The number of nitriles is 1. The summed E-state index contributed by atoms with van der Waals surface area (Å²) in [7, 11) is 1.55. The van der Waals surface area contributed by atoms with E-state index in [1.54, 1.807) is 31.4 Å². The molecule has 0 fully saturated rings. The maximum absolute atomic E-state index is 12.4. The lowest BCUT2D eigenvalue weighted by Gasteiger charge is -2.14. The molecule has 0 aliphatic carbocycles. The van der Waals surface area contributed by atoms with E-state index in [-0.39, 0.29) is 12.4 Å². The highest BCUT2D eigenvalue weighted by atomic mass is 127. The molecule has 0 bridgehead atoms. The zero-order valence-corrected chi connectivity index (χ0v) is 21.6. The summed E-state index contributed by atoms with van der Waals surface area (Å²) in [5.41, 5.74) is 5.15. The third-order valence-corrected chi connectivity index (χ3v) is 6.14. The maximum atomic E-state index is 12.4. The van der Waals surface area contributed by atoms with Gasteiger partial charge in [0.15, 0.2) is 17.3 Å². The number of hydrogen-bond acceptors (Lipinski definition) is 6. The van der Waals surface area contributed by atoms with Crippen molar-refractivity contribution in [1.82, 2.24) is 5.43 Å². The first kappa shape index (κ1) is 23.8. The van der Waals surface area contributed by atoms with E-state index in [1.165, 1.54) is 6.21 Å². The van der Waals surface area contributed by atoms with E-state index >= 15 is 0 Å². The van der Waals surface area contributed by atoms with Gasteiger partial charge >= 0.3 is 5.91 Å². The standard InChI is InChI=1S/C25H17BrIN3O4/c1-32-22-9-15(8-20(27)24(22)33-14-17-5-3-2-4-16(17)12-28)13-29-30-25(31)23-11-18-10-19(26)6-7-21(18)34-23/h2-11,13H,14H2,1H3,(H,30,31)/b29-13+. The predicted molar refractivity (Wildman–Crippen MR) is 140 cm³/mol. The number of benzene rings is 3. The van der Waals surface area contributed by atoms with Gasteiger partial charge in [0.25, 0.3) is 0 Å². The summed E-state index contributed by atoms with van der Waals surface area (Å²) >= 11 is 5.54. The van der Waals surface area contributed by atoms with Crippen molar-refractivity contribution in [2.45, 2.75) is 6.61 Å². The smallest absolute Gasteiger partial charge is 0.307 e. The number of hydrogen-bond donors (Lipinski definition) is 1. The van der Waals surface area contributed by atoms with Crippen LogP contribution in [0.5, 0.6) is 11.5 Å². The number of nitrogens with one attached hydrogen (secondary N) is 1. The molecule has 170 valence electrons. The van der Waals surface area contributed by atoms with Crippen LogP contribution < -0.4 is 14.9 Å². The van der Waals surface area contributed by atoms with Gasteiger partial charge in [-0.3, -0.25) is 4.79 Å². The van der Waals surface area contributed by atoms with Crippen molar-refractivity contribution in [1.29, 1.82) is 5.26 Å². The van der Waals surface area contributed by atoms with E-state index < -0.39 is 5.91 Å². The molecule has 3 aromatic carbocycles. The predicted octanol–water partition coefficient (Wildman–Crippen LogP) is 6.02. The first-order valence-electron chi connectivity index (χ1n) is 9.99. The molecular weight excluding hydrogens is 613 g/mol. The summed E-state index contributed by atoms with van der Waals surface area (Å²) in [5.74, 6) is 0.780. The number of methoxy groups -OCH3 is 1. The van der Waals surface area contributed by atoms with Gasteiger partial charge in [0.05, 0.1) is 28.5 Å². The number of carbonyl (C=O) groups is 1. The van der Waals surface area contributed by atoms with Gasteiger partial charge in [0.2, 0.25) is 0 Å². The number of amides is 1. The van der Waals surface area contributed by atoms with Crippen LogP contribution >= 0.6 is 38.5 Å². The van der Waals surface area contributed by atoms with Crippen molar-refractivity contribution in [2.75, 3.05) is 7.11 Å². The minimum Gasteiger partial charge on any atom is -0.493 e. The van der Waals surface area contributed by atoms with Gasteiger partial charge in [-0.25, -0.2) is 5.43 Å². The fraction of sp³-hybridized carbons (Fsp3) is 0.0800. The normalized spacial score (nSPS) is 10.9. The summed E-state index contributed by atoms with van der Waals surface area (Å²) in [6.07, 6.45) is 1.51. The van der Waals surface area contributed by atoms with E-state index in [0.29, 0.717) is 28.2 Å². The molecule has 7 nitrogen and oxygen atoms in total. The second-order valence-electron chi connectivity index (χ2n) is 7.08. The van der Waals surface area contributed by atoms with Gasteiger partial charge in [-0.2, -0.15) is 10.4 Å². The molecule has 0 aliphatic heterocycles. The molecule has 0 radical (unpaired) electrons. The minimum atomic E-state index is -0.457. The lowest BCUT2D eigenvalue weighted by atomic mass is 10.1. The Hall–Kier alpha value is -3.36. The van der Waals surface area contributed by atoms with Gasteiger partial charge in [-0.1, -0.05) is 34.1 Å². The van der Waals surface area contributed by atoms with E-state index in [0.717, 1.165) is 19.0 Å². The zero-order chi connectivity index (χ0) is 24.1. The monoisotopic (exact) mass is 629 g/mol. The number of rotatable bonds is 7. The number of nitrogens with zero attached hydrogens (tertiary/aromatic N) is 2. The lowest BCUT2D eigenvalue weighted by Crippen LogP contribution is -2.16. The second-order valence-corrected chi connectivity index (χ2v) is 9.16. The van der Waals surface area contributed by atoms with E-state index in [1.807, 2.05) is 36.4 Å². The Morgan fingerprint density at radius 2 is 2.06 bits per heavy atom. The Morgan fingerprint density at radius 3 is 2.85 bits per heavy atom. The zero-order valence-electron chi connectivity index (χ0n) is 17.8.